The molecule has 12 rings (SSSR count). The zero-order valence-electron chi connectivity index (χ0n) is 35.5. The quantitative estimate of drug-likeness (QED) is 0.172. The fourth-order valence-electron chi connectivity index (χ4n) is 10.1. The summed E-state index contributed by atoms with van der Waals surface area (Å²) in [6, 6.07) is 67.6. The summed E-state index contributed by atoms with van der Waals surface area (Å²) >= 11 is 1.82. The molecule has 1 aromatic heterocycles. The fourth-order valence-corrected chi connectivity index (χ4v) is 11.1. The Labute approximate surface area is 372 Å². The first-order valence-corrected chi connectivity index (χ1v) is 22.4. The molecule has 0 bridgehead atoms. The van der Waals surface area contributed by atoms with Gasteiger partial charge in [0.15, 0.2) is 17.5 Å². The van der Waals surface area contributed by atoms with Crippen LogP contribution < -0.4 is 9.80 Å². The number of anilines is 6. The van der Waals surface area contributed by atoms with Crippen molar-refractivity contribution in [3.8, 4) is 45.3 Å². The van der Waals surface area contributed by atoms with Crippen LogP contribution in [0.3, 0.4) is 0 Å². The highest BCUT2D eigenvalue weighted by Gasteiger charge is 2.37. The molecule has 0 atom stereocenters. The lowest BCUT2D eigenvalue weighted by Crippen LogP contribution is -2.30. The molecule has 63 heavy (non-hydrogen) atoms. The van der Waals surface area contributed by atoms with Gasteiger partial charge in [-0.3, -0.25) is 0 Å². The molecular weight excluding hydrogens is 787 g/mol. The maximum atomic E-state index is 5.25. The first-order valence-electron chi connectivity index (χ1n) is 21.6. The number of hydrogen-bond acceptors (Lipinski definition) is 6. The molecule has 0 spiro atoms. The zero-order valence-corrected chi connectivity index (χ0v) is 36.4. The first kappa shape index (κ1) is 37.5. The Kier molecular flexibility index (Phi) is 8.41. The maximum absolute atomic E-state index is 5.25. The van der Waals surface area contributed by atoms with E-state index in [4.69, 9.17) is 15.0 Å². The lowest BCUT2D eigenvalue weighted by Gasteiger charge is -2.42. The van der Waals surface area contributed by atoms with Gasteiger partial charge in [0.2, 0.25) is 0 Å². The Morgan fingerprint density at radius 2 is 0.730 bits per heavy atom. The van der Waals surface area contributed by atoms with Gasteiger partial charge in [-0.1, -0.05) is 137 Å². The van der Waals surface area contributed by atoms with Crippen LogP contribution in [0.1, 0.15) is 49.9 Å². The maximum Gasteiger partial charge on any atom is 0.164 e. The number of nitrogens with zero attached hydrogens (tertiary/aromatic N) is 5. The number of benzene rings is 8. The molecule has 9 aromatic rings. The van der Waals surface area contributed by atoms with Crippen molar-refractivity contribution in [1.29, 1.82) is 0 Å². The number of para-hydroxylation sites is 4. The van der Waals surface area contributed by atoms with Crippen LogP contribution in [0.15, 0.2) is 198 Å². The zero-order chi connectivity index (χ0) is 42.5. The van der Waals surface area contributed by atoms with Crippen molar-refractivity contribution in [3.63, 3.8) is 0 Å². The molecule has 0 fully saturated rings. The van der Waals surface area contributed by atoms with E-state index in [2.05, 4.69) is 226 Å². The van der Waals surface area contributed by atoms with Crippen molar-refractivity contribution < 1.29 is 0 Å². The van der Waals surface area contributed by atoms with E-state index in [9.17, 15) is 0 Å². The van der Waals surface area contributed by atoms with E-state index >= 15 is 0 Å². The molecule has 8 aromatic carbocycles. The van der Waals surface area contributed by atoms with Gasteiger partial charge in [-0.05, 0) is 124 Å². The van der Waals surface area contributed by atoms with Gasteiger partial charge in [0, 0.05) is 48.7 Å². The van der Waals surface area contributed by atoms with Crippen LogP contribution in [0.2, 0.25) is 0 Å². The van der Waals surface area contributed by atoms with E-state index in [0.29, 0.717) is 17.5 Å². The third kappa shape index (κ3) is 5.89. The lowest BCUT2D eigenvalue weighted by molar-refractivity contribution is 0.632. The highest BCUT2D eigenvalue weighted by atomic mass is 32.2. The summed E-state index contributed by atoms with van der Waals surface area (Å²) in [4.78, 5) is 22.9. The molecule has 6 heteroatoms. The van der Waals surface area contributed by atoms with Crippen LogP contribution in [0.5, 0.6) is 0 Å². The second kappa shape index (κ2) is 14.1. The highest BCUT2D eigenvalue weighted by molar-refractivity contribution is 7.99. The van der Waals surface area contributed by atoms with Crippen molar-refractivity contribution in [1.82, 2.24) is 15.0 Å². The third-order valence-corrected chi connectivity index (χ3v) is 14.4. The van der Waals surface area contributed by atoms with Gasteiger partial charge < -0.3 is 9.80 Å². The van der Waals surface area contributed by atoms with Gasteiger partial charge in [0.25, 0.3) is 0 Å². The van der Waals surface area contributed by atoms with Crippen molar-refractivity contribution >= 4 is 45.9 Å². The van der Waals surface area contributed by atoms with E-state index in [1.165, 1.54) is 65.9 Å². The Bertz CT molecular complexity index is 3180. The summed E-state index contributed by atoms with van der Waals surface area (Å²) in [6.07, 6.45) is 0. The summed E-state index contributed by atoms with van der Waals surface area (Å²) in [5, 5.41) is 0. The Balaban J connectivity index is 0.970. The van der Waals surface area contributed by atoms with E-state index in [0.717, 1.165) is 28.1 Å². The number of rotatable bonds is 5. The molecule has 0 radical (unpaired) electrons. The molecule has 1 aliphatic carbocycles. The van der Waals surface area contributed by atoms with Crippen LogP contribution in [0.4, 0.5) is 34.1 Å². The van der Waals surface area contributed by atoms with Gasteiger partial charge in [0.05, 0.1) is 22.7 Å². The Morgan fingerprint density at radius 1 is 0.349 bits per heavy atom. The van der Waals surface area contributed by atoms with E-state index in [-0.39, 0.29) is 10.8 Å². The molecule has 302 valence electrons. The van der Waals surface area contributed by atoms with Gasteiger partial charge in [-0.15, -0.1) is 0 Å². The van der Waals surface area contributed by atoms with Crippen LogP contribution in [-0.2, 0) is 10.8 Å². The highest BCUT2D eigenvalue weighted by Crippen LogP contribution is 2.54. The molecular formula is C57H43N5S. The van der Waals surface area contributed by atoms with Gasteiger partial charge in [-0.2, -0.15) is 0 Å². The minimum atomic E-state index is -0.155. The van der Waals surface area contributed by atoms with Crippen molar-refractivity contribution in [2.45, 2.75) is 48.3 Å². The topological polar surface area (TPSA) is 45.2 Å². The summed E-state index contributed by atoms with van der Waals surface area (Å²) in [5.41, 5.74) is 17.2. The number of aromatic nitrogens is 3. The Hall–Kier alpha value is -7.28. The van der Waals surface area contributed by atoms with E-state index < -0.39 is 0 Å². The molecule has 0 saturated carbocycles. The summed E-state index contributed by atoms with van der Waals surface area (Å²) in [6.45, 7) is 9.26. The number of hydrogen-bond donors (Lipinski definition) is 0. The standard InChI is InChI=1S/C57H43N5S/c1-56(2)43-16-6-5-15-41(43)42-34-29-38(35-46(42)56)55-59-53(36-25-30-39(31-26-36)61-47-19-9-7-17-44(47)57(3,4)45-18-8-10-20-48(45)61)58-54(60-55)37-27-32-40(33-28-37)62-49-21-11-13-23-51(49)63-52-24-14-12-22-50(52)62/h5-35H,1-4H3. The van der Waals surface area contributed by atoms with Crippen LogP contribution in [-0.4, -0.2) is 15.0 Å². The molecule has 0 N–H and O–H groups in total. The summed E-state index contributed by atoms with van der Waals surface area (Å²) < 4.78 is 0. The van der Waals surface area contributed by atoms with Gasteiger partial charge >= 0.3 is 0 Å². The van der Waals surface area contributed by atoms with Crippen molar-refractivity contribution in [3.05, 3.63) is 210 Å². The second-order valence-electron chi connectivity index (χ2n) is 17.7. The fraction of sp³-hybridized carbons (Fsp3) is 0.105. The average Bonchev–Trinajstić information content (AvgIpc) is 3.56. The second-order valence-corrected chi connectivity index (χ2v) is 18.8. The molecule has 0 unspecified atom stereocenters. The molecule has 3 aliphatic rings. The van der Waals surface area contributed by atoms with Gasteiger partial charge in [-0.25, -0.2) is 15.0 Å². The molecule has 3 heterocycles. The first-order chi connectivity index (χ1) is 30.7. The minimum Gasteiger partial charge on any atom is -0.310 e. The predicted molar refractivity (Wildman–Crippen MR) is 259 cm³/mol. The van der Waals surface area contributed by atoms with Gasteiger partial charge in [0.1, 0.15) is 0 Å². The smallest absolute Gasteiger partial charge is 0.164 e. The normalized spacial score (nSPS) is 14.8. The predicted octanol–water partition coefficient (Wildman–Crippen LogP) is 15.2. The molecule has 2 aliphatic heterocycles. The Morgan fingerprint density at radius 3 is 1.27 bits per heavy atom. The molecule has 0 amide bonds. The SMILES string of the molecule is CC1(C)c2ccccc2-c2ccc(-c3nc(-c4ccc(N5c6ccccc6Sc6ccccc65)cc4)nc(-c4ccc(N5c6ccccc6C(C)(C)c6ccccc65)cc4)n3)cc21. The van der Waals surface area contributed by atoms with E-state index in [1.807, 2.05) is 11.8 Å². The van der Waals surface area contributed by atoms with Crippen LogP contribution in [0, 0.1) is 0 Å². The minimum absolute atomic E-state index is 0.128. The third-order valence-electron chi connectivity index (χ3n) is 13.3. The van der Waals surface area contributed by atoms with Crippen molar-refractivity contribution in [2.24, 2.45) is 0 Å². The monoisotopic (exact) mass is 829 g/mol. The molecule has 0 saturated heterocycles. The van der Waals surface area contributed by atoms with Crippen LogP contribution in [0.25, 0.3) is 45.3 Å². The van der Waals surface area contributed by atoms with E-state index in [1.54, 1.807) is 0 Å². The van der Waals surface area contributed by atoms with Crippen LogP contribution >= 0.6 is 11.8 Å². The average molecular weight is 830 g/mol. The number of fused-ring (bicyclic) bond motifs is 7. The summed E-state index contributed by atoms with van der Waals surface area (Å²) in [5.74, 6) is 1.91. The summed E-state index contributed by atoms with van der Waals surface area (Å²) in [7, 11) is 0. The van der Waals surface area contributed by atoms with Crippen molar-refractivity contribution in [2.75, 3.05) is 9.80 Å². The largest absolute Gasteiger partial charge is 0.310 e. The molecule has 5 nitrogen and oxygen atoms in total. The lowest BCUT2D eigenvalue weighted by atomic mass is 9.73.